The molecule has 1 unspecified atom stereocenters. The molecule has 0 aromatic carbocycles. The molecule has 6 nitrogen and oxygen atoms in total. The second-order valence-electron chi connectivity index (χ2n) is 3.77. The van der Waals surface area contributed by atoms with Gasteiger partial charge in [0, 0.05) is 18.0 Å². The van der Waals surface area contributed by atoms with Crippen molar-refractivity contribution in [3.8, 4) is 0 Å². The van der Waals surface area contributed by atoms with Crippen molar-refractivity contribution >= 4 is 5.97 Å². The van der Waals surface area contributed by atoms with Gasteiger partial charge in [0.15, 0.2) is 0 Å². The fraction of sp³-hybridized carbons (Fsp3) is 0.889. The van der Waals surface area contributed by atoms with Crippen molar-refractivity contribution in [3.63, 3.8) is 0 Å². The number of carbonyl (C=O) groups is 1. The van der Waals surface area contributed by atoms with Gasteiger partial charge in [0.2, 0.25) is 0 Å². The highest BCUT2D eigenvalue weighted by atomic mass is 16.4. The summed E-state index contributed by atoms with van der Waals surface area (Å²) >= 11 is 0. The molecule has 0 aromatic rings. The summed E-state index contributed by atoms with van der Waals surface area (Å²) in [5.74, 6) is -0.573. The van der Waals surface area contributed by atoms with Gasteiger partial charge in [-0.2, -0.15) is 0 Å². The van der Waals surface area contributed by atoms with Crippen molar-refractivity contribution in [2.24, 2.45) is 11.0 Å². The summed E-state index contributed by atoms with van der Waals surface area (Å²) in [7, 11) is 0. The number of hydrogen-bond acceptors (Lipinski definition) is 3. The number of carboxylic acid groups (broad SMARTS) is 1. The summed E-state index contributed by atoms with van der Waals surface area (Å²) in [4.78, 5) is 13.6. The second-order valence-corrected chi connectivity index (χ2v) is 3.77. The Balaban J connectivity index is 2.36. The topological polar surface area (TPSA) is 98.1 Å². The molecule has 0 aliphatic heterocycles. The van der Waals surface area contributed by atoms with Crippen LogP contribution in [0.2, 0.25) is 0 Å². The maximum Gasteiger partial charge on any atom is 0.320 e. The highest BCUT2D eigenvalue weighted by Gasteiger charge is 2.29. The van der Waals surface area contributed by atoms with E-state index in [0.29, 0.717) is 13.1 Å². The monoisotopic (exact) mass is 212 g/mol. The minimum absolute atomic E-state index is 0.230. The lowest BCUT2D eigenvalue weighted by Gasteiger charge is -2.19. The molecule has 0 amide bonds. The molecule has 0 radical (unpaired) electrons. The summed E-state index contributed by atoms with van der Waals surface area (Å²) in [6.45, 7) is 0.727. The van der Waals surface area contributed by atoms with E-state index < -0.39 is 12.0 Å². The van der Waals surface area contributed by atoms with Crippen LogP contribution < -0.4 is 5.32 Å². The van der Waals surface area contributed by atoms with Gasteiger partial charge < -0.3 is 10.4 Å². The van der Waals surface area contributed by atoms with Crippen molar-refractivity contribution in [2.75, 3.05) is 13.1 Å². The first kappa shape index (κ1) is 11.8. The number of carboxylic acids is 1. The van der Waals surface area contributed by atoms with Gasteiger partial charge in [-0.25, -0.2) is 0 Å². The first-order chi connectivity index (χ1) is 7.25. The number of azide groups is 1. The number of rotatable bonds is 6. The molecule has 0 bridgehead atoms. The Morgan fingerprint density at radius 3 is 2.80 bits per heavy atom. The lowest BCUT2D eigenvalue weighted by molar-refractivity contribution is -0.140. The van der Waals surface area contributed by atoms with Crippen molar-refractivity contribution in [1.82, 2.24) is 5.32 Å². The Morgan fingerprint density at radius 1 is 1.60 bits per heavy atom. The highest BCUT2D eigenvalue weighted by molar-refractivity contribution is 5.73. The summed E-state index contributed by atoms with van der Waals surface area (Å²) in [5.41, 5.74) is 8.07. The highest BCUT2D eigenvalue weighted by Crippen LogP contribution is 2.27. The zero-order chi connectivity index (χ0) is 11.1. The van der Waals surface area contributed by atoms with Gasteiger partial charge in [0.05, 0.1) is 0 Å². The average Bonchev–Trinajstić information content (AvgIpc) is 2.70. The van der Waals surface area contributed by atoms with Crippen molar-refractivity contribution in [3.05, 3.63) is 10.4 Å². The average molecular weight is 212 g/mol. The molecule has 1 saturated carbocycles. The molecule has 15 heavy (non-hydrogen) atoms. The van der Waals surface area contributed by atoms with E-state index in [1.807, 2.05) is 0 Å². The zero-order valence-electron chi connectivity index (χ0n) is 8.59. The van der Waals surface area contributed by atoms with Crippen LogP contribution in [-0.2, 0) is 4.79 Å². The van der Waals surface area contributed by atoms with Crippen LogP contribution in [-0.4, -0.2) is 30.2 Å². The van der Waals surface area contributed by atoms with E-state index in [-0.39, 0.29) is 5.92 Å². The molecule has 1 aliphatic carbocycles. The molecule has 1 rings (SSSR count). The molecule has 1 aliphatic rings. The van der Waals surface area contributed by atoms with Gasteiger partial charge >= 0.3 is 5.97 Å². The van der Waals surface area contributed by atoms with Gasteiger partial charge in [-0.3, -0.25) is 4.79 Å². The lowest BCUT2D eigenvalue weighted by atomic mass is 9.98. The van der Waals surface area contributed by atoms with Gasteiger partial charge in [0.25, 0.3) is 0 Å². The molecule has 2 N–H and O–H groups in total. The van der Waals surface area contributed by atoms with E-state index in [2.05, 4.69) is 15.3 Å². The van der Waals surface area contributed by atoms with E-state index in [0.717, 1.165) is 25.7 Å². The number of aliphatic carboxylic acids is 1. The first-order valence-electron chi connectivity index (χ1n) is 5.22. The second kappa shape index (κ2) is 6.27. The van der Waals surface area contributed by atoms with Crippen molar-refractivity contribution in [1.29, 1.82) is 0 Å². The van der Waals surface area contributed by atoms with Crippen LogP contribution in [0.5, 0.6) is 0 Å². The quantitative estimate of drug-likeness (QED) is 0.302. The maximum absolute atomic E-state index is 11.0. The van der Waals surface area contributed by atoms with E-state index in [1.54, 1.807) is 0 Å². The van der Waals surface area contributed by atoms with Crippen LogP contribution in [0.15, 0.2) is 5.11 Å². The Morgan fingerprint density at radius 2 is 2.27 bits per heavy atom. The predicted molar refractivity (Wildman–Crippen MR) is 55.4 cm³/mol. The van der Waals surface area contributed by atoms with E-state index in [9.17, 15) is 4.79 Å². The zero-order valence-corrected chi connectivity index (χ0v) is 8.59. The molecule has 1 atom stereocenters. The van der Waals surface area contributed by atoms with Crippen molar-refractivity contribution < 1.29 is 9.90 Å². The Kier molecular flexibility index (Phi) is 4.93. The third-order valence-electron chi connectivity index (χ3n) is 2.78. The SMILES string of the molecule is [N-]=[N+]=NCCNC(C(=O)O)C1CCCC1. The minimum atomic E-state index is -0.803. The number of hydrogen-bond donors (Lipinski definition) is 2. The summed E-state index contributed by atoms with van der Waals surface area (Å²) < 4.78 is 0. The largest absolute Gasteiger partial charge is 0.480 e. The summed E-state index contributed by atoms with van der Waals surface area (Å²) in [6.07, 6.45) is 4.19. The molecular formula is C9H16N4O2. The summed E-state index contributed by atoms with van der Waals surface area (Å²) in [5, 5.41) is 15.3. The Bertz CT molecular complexity index is 257. The Labute approximate surface area is 88.3 Å². The van der Waals surface area contributed by atoms with Gasteiger partial charge in [-0.05, 0) is 24.3 Å². The van der Waals surface area contributed by atoms with Crippen LogP contribution in [0.4, 0.5) is 0 Å². The van der Waals surface area contributed by atoms with E-state index in [4.69, 9.17) is 10.6 Å². The molecule has 0 heterocycles. The molecule has 84 valence electrons. The molecule has 0 saturated heterocycles. The fourth-order valence-electron chi connectivity index (χ4n) is 2.06. The molecule has 6 heteroatoms. The molecule has 0 aromatic heterocycles. The third-order valence-corrected chi connectivity index (χ3v) is 2.78. The van der Waals surface area contributed by atoms with Crippen LogP contribution >= 0.6 is 0 Å². The Hall–Kier alpha value is -1.26. The molecular weight excluding hydrogens is 196 g/mol. The van der Waals surface area contributed by atoms with Crippen molar-refractivity contribution in [2.45, 2.75) is 31.7 Å². The van der Waals surface area contributed by atoms with E-state index in [1.165, 1.54) is 0 Å². The third kappa shape index (κ3) is 3.77. The standard InChI is InChI=1S/C9H16N4O2/c10-13-12-6-5-11-8(9(14)15)7-3-1-2-4-7/h7-8,11H,1-6H2,(H,14,15). The van der Waals surface area contributed by atoms with Gasteiger partial charge in [0.1, 0.15) is 6.04 Å². The van der Waals surface area contributed by atoms with Crippen LogP contribution in [0.3, 0.4) is 0 Å². The minimum Gasteiger partial charge on any atom is -0.480 e. The molecule has 0 spiro atoms. The van der Waals surface area contributed by atoms with Gasteiger partial charge in [-0.15, -0.1) is 0 Å². The van der Waals surface area contributed by atoms with Crippen LogP contribution in [0.1, 0.15) is 25.7 Å². The maximum atomic E-state index is 11.0. The normalized spacial score (nSPS) is 18.4. The number of nitrogens with one attached hydrogen (secondary N) is 1. The lowest BCUT2D eigenvalue weighted by Crippen LogP contribution is -2.43. The van der Waals surface area contributed by atoms with E-state index >= 15 is 0 Å². The first-order valence-corrected chi connectivity index (χ1v) is 5.22. The van der Waals surface area contributed by atoms with Crippen LogP contribution in [0.25, 0.3) is 10.4 Å². The number of nitrogens with zero attached hydrogens (tertiary/aromatic N) is 3. The summed E-state index contributed by atoms with van der Waals surface area (Å²) in [6, 6.07) is -0.485. The molecule has 1 fully saturated rings. The van der Waals surface area contributed by atoms with Gasteiger partial charge in [-0.1, -0.05) is 18.0 Å². The fourth-order valence-corrected chi connectivity index (χ4v) is 2.06. The predicted octanol–water partition coefficient (Wildman–Crippen LogP) is 1.53. The smallest absolute Gasteiger partial charge is 0.320 e. The van der Waals surface area contributed by atoms with Crippen LogP contribution in [0, 0.1) is 5.92 Å².